The molecule has 33 heavy (non-hydrogen) atoms. The Morgan fingerprint density at radius 1 is 1.03 bits per heavy atom. The topological polar surface area (TPSA) is 87.7 Å². The highest BCUT2D eigenvalue weighted by atomic mass is 32.2. The fourth-order valence-electron chi connectivity index (χ4n) is 3.40. The van der Waals surface area contributed by atoms with Crippen LogP contribution in [0.1, 0.15) is 12.8 Å². The Kier molecular flexibility index (Phi) is 10.1. The molecule has 0 amide bonds. The third kappa shape index (κ3) is 9.30. The maximum absolute atomic E-state index is 13.9. The van der Waals surface area contributed by atoms with Crippen molar-refractivity contribution in [3.63, 3.8) is 0 Å². The van der Waals surface area contributed by atoms with Crippen LogP contribution in [0.25, 0.3) is 0 Å². The first-order chi connectivity index (χ1) is 15.8. The van der Waals surface area contributed by atoms with Crippen LogP contribution >= 0.6 is 11.8 Å². The molecule has 0 radical (unpaired) electrons. The highest BCUT2D eigenvalue weighted by Gasteiger charge is 2.14. The first kappa shape index (κ1) is 26.1. The average Bonchev–Trinajstić information content (AvgIpc) is 2.80. The molecule has 0 aliphatic carbocycles. The molecule has 10 heteroatoms. The molecular weight excluding hydrogens is 478 g/mol. The van der Waals surface area contributed by atoms with Gasteiger partial charge >= 0.3 is 0 Å². The van der Waals surface area contributed by atoms with E-state index in [0.29, 0.717) is 23.5 Å². The lowest BCUT2D eigenvalue weighted by Gasteiger charge is -2.27. The molecule has 182 valence electrons. The van der Waals surface area contributed by atoms with Gasteiger partial charge in [0.15, 0.2) is 0 Å². The smallest absolute Gasteiger partial charge is 0.229 e. The molecule has 2 aromatic rings. The van der Waals surface area contributed by atoms with Crippen LogP contribution in [0, 0.1) is 0 Å². The number of hydrogen-bond acceptors (Lipinski definition) is 6. The van der Waals surface area contributed by atoms with E-state index in [4.69, 9.17) is 4.74 Å². The molecule has 0 bridgehead atoms. The molecule has 3 rings (SSSR count). The Hall–Kier alpha value is -1.56. The van der Waals surface area contributed by atoms with Gasteiger partial charge in [0.1, 0.15) is 0 Å². The van der Waals surface area contributed by atoms with Gasteiger partial charge in [-0.3, -0.25) is 9.62 Å². The van der Waals surface area contributed by atoms with Gasteiger partial charge in [-0.15, -0.1) is 11.8 Å². The number of rotatable bonds is 12. The van der Waals surface area contributed by atoms with Crippen molar-refractivity contribution < 1.29 is 17.4 Å². The molecule has 0 spiro atoms. The van der Waals surface area contributed by atoms with Crippen LogP contribution in [0.3, 0.4) is 0 Å². The summed E-state index contributed by atoms with van der Waals surface area (Å²) in [5, 5.41) is 1.89. The summed E-state index contributed by atoms with van der Waals surface area (Å²) in [5.41, 5.74) is 0.454. The normalized spacial score (nSPS) is 16.8. The fraction of sp³-hybridized carbons (Fsp3) is 0.435. The highest BCUT2D eigenvalue weighted by molar-refractivity contribution is 7.99. The van der Waals surface area contributed by atoms with Gasteiger partial charge in [0.25, 0.3) is 0 Å². The van der Waals surface area contributed by atoms with Gasteiger partial charge in [-0.05, 0) is 60.4 Å². The molecule has 0 saturated carbocycles. The van der Waals surface area contributed by atoms with Crippen LogP contribution in [0.4, 0.5) is 5.69 Å². The number of sulfonamides is 1. The van der Waals surface area contributed by atoms with E-state index >= 15 is 0 Å². The van der Waals surface area contributed by atoms with Crippen molar-refractivity contribution in [2.24, 2.45) is 0 Å². The van der Waals surface area contributed by atoms with Crippen molar-refractivity contribution >= 4 is 42.5 Å². The zero-order chi connectivity index (χ0) is 23.6. The molecule has 2 aromatic carbocycles. The van der Waals surface area contributed by atoms with E-state index in [9.17, 15) is 12.6 Å². The van der Waals surface area contributed by atoms with Gasteiger partial charge in [0.2, 0.25) is 10.0 Å². The van der Waals surface area contributed by atoms with Crippen LogP contribution in [-0.4, -0.2) is 74.3 Å². The van der Waals surface area contributed by atoms with Crippen LogP contribution in [0.2, 0.25) is 0 Å². The van der Waals surface area contributed by atoms with E-state index in [1.165, 1.54) is 4.90 Å². The number of nitrogens with zero attached hydrogens (tertiary/aromatic N) is 1. The minimum Gasteiger partial charge on any atom is -0.379 e. The van der Waals surface area contributed by atoms with Gasteiger partial charge < -0.3 is 4.74 Å². The summed E-state index contributed by atoms with van der Waals surface area (Å²) in [6.07, 6.45) is 2.74. The van der Waals surface area contributed by atoms with Crippen molar-refractivity contribution in [2.45, 2.75) is 22.6 Å². The quantitative estimate of drug-likeness (QED) is 0.259. The highest BCUT2D eigenvalue weighted by Crippen LogP contribution is 2.19. The standard InChI is InChI=1S/C23H33N3O4S3/c1-32(27,28)25-21-9-11-23(12-10-21)33(29,24-13-14-26-15-17-30-18-16-26)20-6-5-19-31-22-7-3-2-4-8-22/h2-4,7-12,20,25H,5-6,13-19H2,1H3,(H,24,29). The molecule has 2 N–H and O–H groups in total. The molecule has 1 heterocycles. The fourth-order valence-corrected chi connectivity index (χ4v) is 6.77. The van der Waals surface area contributed by atoms with Gasteiger partial charge in [-0.2, -0.15) is 0 Å². The summed E-state index contributed by atoms with van der Waals surface area (Å²) < 4.78 is 48.0. The number of nitrogens with one attached hydrogen (secondary N) is 2. The first-order valence-corrected chi connectivity index (χ1v) is 15.5. The molecule has 0 aromatic heterocycles. The lowest BCUT2D eigenvalue weighted by atomic mass is 10.3. The second kappa shape index (κ2) is 12.8. The summed E-state index contributed by atoms with van der Waals surface area (Å²) >= 11 is 1.79. The Morgan fingerprint density at radius 2 is 1.73 bits per heavy atom. The third-order valence-corrected chi connectivity index (χ3v) is 9.08. The summed E-state index contributed by atoms with van der Waals surface area (Å²) in [7, 11) is -5.95. The average molecular weight is 512 g/mol. The Bertz CT molecular complexity index is 1080. The van der Waals surface area contributed by atoms with Gasteiger partial charge in [-0.25, -0.2) is 17.3 Å². The number of benzene rings is 2. The van der Waals surface area contributed by atoms with Crippen molar-refractivity contribution in [2.75, 3.05) is 56.1 Å². The summed E-state index contributed by atoms with van der Waals surface area (Å²) in [6, 6.07) is 17.0. The Balaban J connectivity index is 1.64. The number of hydrogen-bond donors (Lipinski definition) is 2. The minimum atomic E-state index is -3.36. The van der Waals surface area contributed by atoms with Crippen LogP contribution in [0.15, 0.2) is 64.4 Å². The van der Waals surface area contributed by atoms with Crippen LogP contribution < -0.4 is 9.44 Å². The number of thioether (sulfide) groups is 1. The lowest BCUT2D eigenvalue weighted by molar-refractivity contribution is 0.0390. The van der Waals surface area contributed by atoms with E-state index in [1.54, 1.807) is 36.0 Å². The largest absolute Gasteiger partial charge is 0.379 e. The molecule has 1 aliphatic rings. The number of anilines is 1. The zero-order valence-electron chi connectivity index (χ0n) is 18.9. The maximum atomic E-state index is 13.9. The number of unbranched alkanes of at least 4 members (excludes halogenated alkanes) is 1. The van der Waals surface area contributed by atoms with E-state index in [1.807, 2.05) is 23.6 Å². The minimum absolute atomic E-state index is 0.454. The Labute approximate surface area is 202 Å². The van der Waals surface area contributed by atoms with E-state index in [2.05, 4.69) is 26.5 Å². The predicted octanol–water partition coefficient (Wildman–Crippen LogP) is 2.91. The predicted molar refractivity (Wildman–Crippen MR) is 139 cm³/mol. The second-order valence-electron chi connectivity index (χ2n) is 7.82. The SMILES string of the molecule is CS(=O)(=O)Nc1ccc(S(=O)(=CCCCSc2ccccc2)NCCN2CCOCC2)cc1. The molecule has 7 nitrogen and oxygen atoms in total. The van der Waals surface area contributed by atoms with E-state index < -0.39 is 19.7 Å². The summed E-state index contributed by atoms with van der Waals surface area (Å²) in [5.74, 6) is 0.945. The lowest BCUT2D eigenvalue weighted by Crippen LogP contribution is -2.41. The zero-order valence-corrected chi connectivity index (χ0v) is 21.4. The van der Waals surface area contributed by atoms with Crippen LogP contribution in [-0.2, 0) is 24.5 Å². The van der Waals surface area contributed by atoms with Gasteiger partial charge in [0, 0.05) is 41.7 Å². The number of morpholine rings is 1. The Morgan fingerprint density at radius 3 is 2.39 bits per heavy atom. The third-order valence-electron chi connectivity index (χ3n) is 5.07. The first-order valence-electron chi connectivity index (χ1n) is 11.0. The van der Waals surface area contributed by atoms with Crippen molar-refractivity contribution in [3.8, 4) is 0 Å². The van der Waals surface area contributed by atoms with Crippen molar-refractivity contribution in [1.82, 2.24) is 9.62 Å². The van der Waals surface area contributed by atoms with Crippen molar-refractivity contribution in [1.29, 1.82) is 0 Å². The van der Waals surface area contributed by atoms with Gasteiger partial charge in [0.05, 0.1) is 29.2 Å². The second-order valence-corrected chi connectivity index (χ2v) is 13.0. The molecular formula is C23H33N3O4S3. The molecule has 1 aliphatic heterocycles. The van der Waals surface area contributed by atoms with Crippen molar-refractivity contribution in [3.05, 3.63) is 54.6 Å². The van der Waals surface area contributed by atoms with Gasteiger partial charge in [-0.1, -0.05) is 18.2 Å². The van der Waals surface area contributed by atoms with E-state index in [0.717, 1.165) is 51.3 Å². The molecule has 1 fully saturated rings. The summed E-state index contributed by atoms with van der Waals surface area (Å²) in [6.45, 7) is 4.62. The maximum Gasteiger partial charge on any atom is 0.229 e. The number of ether oxygens (including phenoxy) is 1. The van der Waals surface area contributed by atoms with E-state index in [-0.39, 0.29) is 0 Å². The molecule has 1 atom stereocenters. The van der Waals surface area contributed by atoms with Crippen LogP contribution in [0.5, 0.6) is 0 Å². The monoisotopic (exact) mass is 511 g/mol. The molecule has 1 unspecified atom stereocenters. The summed E-state index contributed by atoms with van der Waals surface area (Å²) in [4.78, 5) is 4.18. The molecule has 1 saturated heterocycles.